The van der Waals surface area contributed by atoms with Gasteiger partial charge < -0.3 is 15.5 Å². The molecule has 0 bridgehead atoms. The average Bonchev–Trinajstić information content (AvgIpc) is 2.71. The summed E-state index contributed by atoms with van der Waals surface area (Å²) in [6, 6.07) is 0.333. The van der Waals surface area contributed by atoms with Gasteiger partial charge in [-0.1, -0.05) is 0 Å². The second kappa shape index (κ2) is 3.87. The zero-order valence-electron chi connectivity index (χ0n) is 9.54. The fourth-order valence-corrected chi connectivity index (χ4v) is 2.60. The summed E-state index contributed by atoms with van der Waals surface area (Å²) in [4.78, 5) is 24.0. The number of rotatable bonds is 1. The molecular formula is C11H15N5O. The van der Waals surface area contributed by atoms with Gasteiger partial charge in [-0.3, -0.25) is 9.78 Å². The SMILES string of the molecule is Nc1cncc(N2CCN3C(=O)CCC3C2)n1. The van der Waals surface area contributed by atoms with Gasteiger partial charge in [0, 0.05) is 32.1 Å². The van der Waals surface area contributed by atoms with E-state index >= 15 is 0 Å². The summed E-state index contributed by atoms with van der Waals surface area (Å²) in [7, 11) is 0. The average molecular weight is 233 g/mol. The molecule has 17 heavy (non-hydrogen) atoms. The van der Waals surface area contributed by atoms with E-state index in [2.05, 4.69) is 14.9 Å². The molecule has 1 amide bonds. The lowest BCUT2D eigenvalue weighted by atomic mass is 10.1. The molecule has 6 nitrogen and oxygen atoms in total. The molecule has 1 aromatic rings. The third-order valence-electron chi connectivity index (χ3n) is 3.46. The molecule has 0 saturated carbocycles. The third-order valence-corrected chi connectivity index (χ3v) is 3.46. The number of aromatic nitrogens is 2. The van der Waals surface area contributed by atoms with Gasteiger partial charge in [0.1, 0.15) is 11.6 Å². The molecule has 2 fully saturated rings. The predicted molar refractivity (Wildman–Crippen MR) is 63.4 cm³/mol. The smallest absolute Gasteiger partial charge is 0.223 e. The second-order valence-electron chi connectivity index (χ2n) is 4.53. The van der Waals surface area contributed by atoms with E-state index in [9.17, 15) is 4.79 Å². The van der Waals surface area contributed by atoms with Crippen molar-refractivity contribution in [1.82, 2.24) is 14.9 Å². The highest BCUT2D eigenvalue weighted by atomic mass is 16.2. The van der Waals surface area contributed by atoms with Gasteiger partial charge in [-0.15, -0.1) is 0 Å². The molecule has 6 heteroatoms. The maximum Gasteiger partial charge on any atom is 0.223 e. The molecule has 0 aliphatic carbocycles. The summed E-state index contributed by atoms with van der Waals surface area (Å²) in [6.07, 6.45) is 4.90. The van der Waals surface area contributed by atoms with Crippen molar-refractivity contribution in [2.75, 3.05) is 30.3 Å². The molecule has 0 aromatic carbocycles. The lowest BCUT2D eigenvalue weighted by Gasteiger charge is -2.38. The molecule has 0 spiro atoms. The van der Waals surface area contributed by atoms with Gasteiger partial charge in [-0.2, -0.15) is 0 Å². The van der Waals surface area contributed by atoms with E-state index in [1.54, 1.807) is 12.4 Å². The van der Waals surface area contributed by atoms with Crippen molar-refractivity contribution in [1.29, 1.82) is 0 Å². The number of anilines is 2. The van der Waals surface area contributed by atoms with Crippen LogP contribution in [0.3, 0.4) is 0 Å². The van der Waals surface area contributed by atoms with Gasteiger partial charge >= 0.3 is 0 Å². The minimum absolute atomic E-state index is 0.285. The number of piperazine rings is 1. The standard InChI is InChI=1S/C11H15N5O/c12-9-5-13-6-10(14-9)15-3-4-16-8(7-15)1-2-11(16)17/h5-6,8H,1-4,7H2,(H2,12,14). The van der Waals surface area contributed by atoms with Crippen LogP contribution in [0, 0.1) is 0 Å². The number of nitrogen functional groups attached to an aromatic ring is 1. The van der Waals surface area contributed by atoms with Crippen LogP contribution in [0.2, 0.25) is 0 Å². The summed E-state index contributed by atoms with van der Waals surface area (Å²) >= 11 is 0. The van der Waals surface area contributed by atoms with Crippen molar-refractivity contribution in [3.8, 4) is 0 Å². The molecule has 1 unspecified atom stereocenters. The fourth-order valence-electron chi connectivity index (χ4n) is 2.60. The molecule has 3 rings (SSSR count). The Hall–Kier alpha value is -1.85. The molecule has 3 heterocycles. The van der Waals surface area contributed by atoms with Crippen molar-refractivity contribution in [2.45, 2.75) is 18.9 Å². The van der Waals surface area contributed by atoms with Crippen LogP contribution in [0.25, 0.3) is 0 Å². The Morgan fingerprint density at radius 3 is 3.06 bits per heavy atom. The number of nitrogens with zero attached hydrogens (tertiary/aromatic N) is 4. The Morgan fingerprint density at radius 1 is 1.35 bits per heavy atom. The van der Waals surface area contributed by atoms with Crippen LogP contribution in [0.4, 0.5) is 11.6 Å². The fraction of sp³-hybridized carbons (Fsp3) is 0.545. The van der Waals surface area contributed by atoms with Crippen LogP contribution in [0.5, 0.6) is 0 Å². The first kappa shape index (κ1) is 10.3. The summed E-state index contributed by atoms with van der Waals surface area (Å²) in [5.74, 6) is 1.53. The van der Waals surface area contributed by atoms with E-state index in [-0.39, 0.29) is 5.91 Å². The van der Waals surface area contributed by atoms with Crippen molar-refractivity contribution in [3.63, 3.8) is 0 Å². The first-order chi connectivity index (χ1) is 8.24. The summed E-state index contributed by atoms with van der Waals surface area (Å²) in [6.45, 7) is 2.42. The summed E-state index contributed by atoms with van der Waals surface area (Å²) in [5.41, 5.74) is 5.63. The van der Waals surface area contributed by atoms with E-state index in [0.29, 0.717) is 18.3 Å². The minimum atomic E-state index is 0.285. The Kier molecular flexibility index (Phi) is 2.35. The highest BCUT2D eigenvalue weighted by Crippen LogP contribution is 2.25. The predicted octanol–water partition coefficient (Wildman–Crippen LogP) is -0.130. The molecule has 1 atom stereocenters. The molecular weight excluding hydrogens is 218 g/mol. The van der Waals surface area contributed by atoms with Gasteiger partial charge in [-0.25, -0.2) is 4.98 Å². The van der Waals surface area contributed by atoms with Crippen LogP contribution in [0.1, 0.15) is 12.8 Å². The number of amides is 1. The molecule has 2 saturated heterocycles. The third kappa shape index (κ3) is 1.79. The van der Waals surface area contributed by atoms with Crippen LogP contribution in [0.15, 0.2) is 12.4 Å². The van der Waals surface area contributed by atoms with E-state index in [4.69, 9.17) is 5.73 Å². The highest BCUT2D eigenvalue weighted by Gasteiger charge is 2.35. The van der Waals surface area contributed by atoms with Crippen LogP contribution < -0.4 is 10.6 Å². The van der Waals surface area contributed by atoms with Crippen LogP contribution in [-0.4, -0.2) is 46.5 Å². The number of fused-ring (bicyclic) bond motifs is 1. The van der Waals surface area contributed by atoms with Crippen molar-refractivity contribution >= 4 is 17.5 Å². The maximum absolute atomic E-state index is 11.6. The normalized spacial score (nSPS) is 24.0. The van der Waals surface area contributed by atoms with Crippen LogP contribution in [-0.2, 0) is 4.79 Å². The number of carbonyl (C=O) groups excluding carboxylic acids is 1. The second-order valence-corrected chi connectivity index (χ2v) is 4.53. The van der Waals surface area contributed by atoms with Gasteiger partial charge in [0.15, 0.2) is 0 Å². The topological polar surface area (TPSA) is 75.3 Å². The Morgan fingerprint density at radius 2 is 2.24 bits per heavy atom. The van der Waals surface area contributed by atoms with Gasteiger partial charge in [0.05, 0.1) is 12.4 Å². The molecule has 90 valence electrons. The number of hydrogen-bond donors (Lipinski definition) is 1. The van der Waals surface area contributed by atoms with Crippen molar-refractivity contribution < 1.29 is 4.79 Å². The monoisotopic (exact) mass is 233 g/mol. The van der Waals surface area contributed by atoms with E-state index in [1.165, 1.54) is 0 Å². The first-order valence-electron chi connectivity index (χ1n) is 5.86. The largest absolute Gasteiger partial charge is 0.382 e. The molecule has 1 aromatic heterocycles. The lowest BCUT2D eigenvalue weighted by molar-refractivity contribution is -0.129. The molecule has 0 radical (unpaired) electrons. The molecule has 2 aliphatic heterocycles. The van der Waals surface area contributed by atoms with Gasteiger partial charge in [0.25, 0.3) is 0 Å². The zero-order chi connectivity index (χ0) is 11.8. The quantitative estimate of drug-likeness (QED) is 0.731. The number of hydrogen-bond acceptors (Lipinski definition) is 5. The summed E-state index contributed by atoms with van der Waals surface area (Å²) in [5, 5.41) is 0. The van der Waals surface area contributed by atoms with Crippen molar-refractivity contribution in [2.24, 2.45) is 0 Å². The first-order valence-corrected chi connectivity index (χ1v) is 5.86. The summed E-state index contributed by atoms with van der Waals surface area (Å²) < 4.78 is 0. The number of carbonyl (C=O) groups is 1. The van der Waals surface area contributed by atoms with E-state index in [1.807, 2.05) is 4.90 Å². The highest BCUT2D eigenvalue weighted by molar-refractivity contribution is 5.79. The zero-order valence-corrected chi connectivity index (χ0v) is 9.54. The van der Waals surface area contributed by atoms with Gasteiger partial charge in [-0.05, 0) is 6.42 Å². The van der Waals surface area contributed by atoms with E-state index in [0.717, 1.165) is 31.9 Å². The molecule has 2 N–H and O–H groups in total. The Bertz CT molecular complexity index is 449. The minimum Gasteiger partial charge on any atom is -0.382 e. The van der Waals surface area contributed by atoms with Crippen LogP contribution >= 0.6 is 0 Å². The maximum atomic E-state index is 11.6. The Balaban J connectivity index is 1.77. The Labute approximate surface area is 99.4 Å². The van der Waals surface area contributed by atoms with Gasteiger partial charge in [0.2, 0.25) is 5.91 Å². The van der Waals surface area contributed by atoms with E-state index < -0.39 is 0 Å². The molecule has 2 aliphatic rings. The number of nitrogens with two attached hydrogens (primary N) is 1. The lowest BCUT2D eigenvalue weighted by Crippen LogP contribution is -2.51. The van der Waals surface area contributed by atoms with Crippen molar-refractivity contribution in [3.05, 3.63) is 12.4 Å².